The Morgan fingerprint density at radius 1 is 0.914 bits per heavy atom. The van der Waals surface area contributed by atoms with Crippen LogP contribution in [0.1, 0.15) is 30.1 Å². The Morgan fingerprint density at radius 3 is 2.26 bits per heavy atom. The quantitative estimate of drug-likeness (QED) is 0.451. The van der Waals surface area contributed by atoms with E-state index in [1.807, 2.05) is 35.2 Å². The third-order valence-electron chi connectivity index (χ3n) is 6.20. The molecule has 8 heteroatoms. The summed E-state index contributed by atoms with van der Waals surface area (Å²) in [5.41, 5.74) is 2.00. The number of hydrogen-bond acceptors (Lipinski definition) is 4. The SMILES string of the molecule is CCCCN(C(=O)c1cccc(S(=O)(=O)N2CCN(c3ccc(F)cc3)CC2)c1)c1ccccc1. The van der Waals surface area contributed by atoms with Gasteiger partial charge in [-0.1, -0.05) is 37.6 Å². The number of nitrogens with zero attached hydrogens (tertiary/aromatic N) is 3. The zero-order valence-corrected chi connectivity index (χ0v) is 20.6. The summed E-state index contributed by atoms with van der Waals surface area (Å²) in [6.45, 7) is 4.25. The number of benzene rings is 3. The van der Waals surface area contributed by atoms with Gasteiger partial charge in [-0.15, -0.1) is 0 Å². The van der Waals surface area contributed by atoms with Crippen molar-refractivity contribution in [2.45, 2.75) is 24.7 Å². The maximum atomic E-state index is 13.4. The molecule has 0 saturated carbocycles. The van der Waals surface area contributed by atoms with Crippen molar-refractivity contribution in [2.24, 2.45) is 0 Å². The molecule has 0 unspecified atom stereocenters. The Hall–Kier alpha value is -3.23. The van der Waals surface area contributed by atoms with E-state index < -0.39 is 10.0 Å². The van der Waals surface area contributed by atoms with Gasteiger partial charge in [0.05, 0.1) is 4.90 Å². The van der Waals surface area contributed by atoms with Crippen LogP contribution < -0.4 is 9.80 Å². The first-order valence-corrected chi connectivity index (χ1v) is 13.3. The van der Waals surface area contributed by atoms with Gasteiger partial charge in [0.25, 0.3) is 5.91 Å². The van der Waals surface area contributed by atoms with Gasteiger partial charge in [0.1, 0.15) is 5.82 Å². The van der Waals surface area contributed by atoms with Crippen molar-refractivity contribution in [1.29, 1.82) is 0 Å². The lowest BCUT2D eigenvalue weighted by Crippen LogP contribution is -2.48. The molecule has 0 aromatic heterocycles. The number of amides is 1. The summed E-state index contributed by atoms with van der Waals surface area (Å²) in [4.78, 5) is 17.3. The maximum absolute atomic E-state index is 13.4. The second kappa shape index (κ2) is 11.0. The molecule has 1 aliphatic rings. The monoisotopic (exact) mass is 495 g/mol. The molecule has 3 aromatic carbocycles. The number of carbonyl (C=O) groups is 1. The van der Waals surface area contributed by atoms with Crippen LogP contribution in [-0.2, 0) is 10.0 Å². The van der Waals surface area contributed by atoms with Crippen molar-refractivity contribution in [1.82, 2.24) is 4.31 Å². The predicted molar refractivity (Wildman–Crippen MR) is 137 cm³/mol. The van der Waals surface area contributed by atoms with Gasteiger partial charge in [-0.05, 0) is 61.0 Å². The summed E-state index contributed by atoms with van der Waals surface area (Å²) in [5, 5.41) is 0. The molecule has 3 aromatic rings. The highest BCUT2D eigenvalue weighted by atomic mass is 32.2. The first-order chi connectivity index (χ1) is 16.9. The van der Waals surface area contributed by atoms with Gasteiger partial charge < -0.3 is 9.80 Å². The minimum atomic E-state index is -3.76. The Balaban J connectivity index is 1.51. The molecule has 1 saturated heterocycles. The van der Waals surface area contributed by atoms with Crippen LogP contribution in [0.4, 0.5) is 15.8 Å². The molecule has 0 spiro atoms. The summed E-state index contributed by atoms with van der Waals surface area (Å²) in [5.74, 6) is -0.521. The predicted octanol–water partition coefficient (Wildman–Crippen LogP) is 4.78. The molecule has 1 aliphatic heterocycles. The van der Waals surface area contributed by atoms with Crippen LogP contribution >= 0.6 is 0 Å². The van der Waals surface area contributed by atoms with Crippen LogP contribution in [0.25, 0.3) is 0 Å². The van der Waals surface area contributed by atoms with Crippen LogP contribution in [0, 0.1) is 5.82 Å². The van der Waals surface area contributed by atoms with Gasteiger partial charge in [0.2, 0.25) is 10.0 Å². The Kier molecular flexibility index (Phi) is 7.83. The second-order valence-electron chi connectivity index (χ2n) is 8.54. The molecule has 35 heavy (non-hydrogen) atoms. The fourth-order valence-corrected chi connectivity index (χ4v) is 5.67. The van der Waals surface area contributed by atoms with Gasteiger partial charge >= 0.3 is 0 Å². The highest BCUT2D eigenvalue weighted by Crippen LogP contribution is 2.24. The van der Waals surface area contributed by atoms with E-state index in [4.69, 9.17) is 0 Å². The van der Waals surface area contributed by atoms with Crippen molar-refractivity contribution in [3.63, 3.8) is 0 Å². The fraction of sp³-hybridized carbons (Fsp3) is 0.296. The summed E-state index contributed by atoms with van der Waals surface area (Å²) in [7, 11) is -3.76. The van der Waals surface area contributed by atoms with E-state index in [2.05, 4.69) is 6.92 Å². The van der Waals surface area contributed by atoms with E-state index in [1.54, 1.807) is 29.2 Å². The van der Waals surface area contributed by atoms with Crippen molar-refractivity contribution in [3.05, 3.63) is 90.2 Å². The average Bonchev–Trinajstić information content (AvgIpc) is 2.90. The molecule has 4 rings (SSSR count). The molecule has 1 fully saturated rings. The van der Waals surface area contributed by atoms with E-state index in [9.17, 15) is 17.6 Å². The van der Waals surface area contributed by atoms with Gasteiger partial charge in [0.15, 0.2) is 0 Å². The third kappa shape index (κ3) is 5.71. The number of sulfonamides is 1. The summed E-state index contributed by atoms with van der Waals surface area (Å²) in [6.07, 6.45) is 1.78. The molecular weight excluding hydrogens is 465 g/mol. The molecule has 1 heterocycles. The standard InChI is InChI=1S/C27H30FN3O3S/c1-2-3-16-31(25-9-5-4-6-10-25)27(32)22-8-7-11-26(21-22)35(33,34)30-19-17-29(18-20-30)24-14-12-23(28)13-15-24/h4-15,21H,2-3,16-20H2,1H3. The topological polar surface area (TPSA) is 60.9 Å². The molecule has 0 bridgehead atoms. The van der Waals surface area contributed by atoms with Crippen LogP contribution in [0.3, 0.4) is 0 Å². The summed E-state index contributed by atoms with van der Waals surface area (Å²) in [6, 6.07) is 21.9. The molecule has 0 N–H and O–H groups in total. The minimum Gasteiger partial charge on any atom is -0.369 e. The van der Waals surface area contributed by atoms with E-state index in [0.29, 0.717) is 38.3 Å². The number of hydrogen-bond donors (Lipinski definition) is 0. The number of carbonyl (C=O) groups excluding carboxylic acids is 1. The average molecular weight is 496 g/mol. The first kappa shape index (κ1) is 24.9. The largest absolute Gasteiger partial charge is 0.369 e. The molecule has 6 nitrogen and oxygen atoms in total. The van der Waals surface area contributed by atoms with Crippen molar-refractivity contribution in [3.8, 4) is 0 Å². The van der Waals surface area contributed by atoms with Crippen molar-refractivity contribution in [2.75, 3.05) is 42.5 Å². The van der Waals surface area contributed by atoms with Crippen LogP contribution in [-0.4, -0.2) is 51.4 Å². The lowest BCUT2D eigenvalue weighted by atomic mass is 10.1. The number of anilines is 2. The van der Waals surface area contributed by atoms with Gasteiger partial charge in [-0.25, -0.2) is 12.8 Å². The highest BCUT2D eigenvalue weighted by Gasteiger charge is 2.29. The molecular formula is C27H30FN3O3S. The smallest absolute Gasteiger partial charge is 0.258 e. The molecule has 0 aliphatic carbocycles. The normalized spacial score (nSPS) is 14.6. The van der Waals surface area contributed by atoms with E-state index >= 15 is 0 Å². The molecule has 0 atom stereocenters. The Morgan fingerprint density at radius 2 is 1.60 bits per heavy atom. The van der Waals surface area contributed by atoms with Crippen molar-refractivity contribution >= 4 is 27.3 Å². The molecule has 0 radical (unpaired) electrons. The Labute approximate surface area is 206 Å². The summed E-state index contributed by atoms with van der Waals surface area (Å²) >= 11 is 0. The van der Waals surface area contributed by atoms with Crippen LogP contribution in [0.2, 0.25) is 0 Å². The van der Waals surface area contributed by atoms with Crippen LogP contribution in [0.5, 0.6) is 0 Å². The van der Waals surface area contributed by atoms with Gasteiger partial charge in [0, 0.05) is 49.7 Å². The van der Waals surface area contributed by atoms with E-state index in [1.165, 1.54) is 28.6 Å². The lowest BCUT2D eigenvalue weighted by molar-refractivity contribution is 0.0986. The fourth-order valence-electron chi connectivity index (χ4n) is 4.21. The first-order valence-electron chi connectivity index (χ1n) is 11.9. The minimum absolute atomic E-state index is 0.113. The van der Waals surface area contributed by atoms with Gasteiger partial charge in [-0.3, -0.25) is 4.79 Å². The number of rotatable bonds is 8. The number of halogens is 1. The zero-order chi connectivity index (χ0) is 24.8. The highest BCUT2D eigenvalue weighted by molar-refractivity contribution is 7.89. The number of unbranched alkanes of at least 4 members (excludes halogenated alkanes) is 1. The van der Waals surface area contributed by atoms with Gasteiger partial charge in [-0.2, -0.15) is 4.31 Å². The second-order valence-corrected chi connectivity index (χ2v) is 10.5. The van der Waals surface area contributed by atoms with Crippen LogP contribution in [0.15, 0.2) is 83.8 Å². The zero-order valence-electron chi connectivity index (χ0n) is 19.8. The number of piperazine rings is 1. The lowest BCUT2D eigenvalue weighted by Gasteiger charge is -2.35. The van der Waals surface area contributed by atoms with Crippen molar-refractivity contribution < 1.29 is 17.6 Å². The molecule has 184 valence electrons. The van der Waals surface area contributed by atoms with E-state index in [0.717, 1.165) is 24.2 Å². The third-order valence-corrected chi connectivity index (χ3v) is 8.09. The summed E-state index contributed by atoms with van der Waals surface area (Å²) < 4.78 is 41.5. The number of para-hydroxylation sites is 1. The van der Waals surface area contributed by atoms with E-state index in [-0.39, 0.29) is 16.6 Å². The molecule has 1 amide bonds. The Bertz CT molecular complexity index is 1240. The maximum Gasteiger partial charge on any atom is 0.258 e.